The van der Waals surface area contributed by atoms with Gasteiger partial charge >= 0.3 is 0 Å². The third-order valence-corrected chi connectivity index (χ3v) is 6.69. The second-order valence-corrected chi connectivity index (χ2v) is 8.98. The first-order chi connectivity index (χ1) is 15.5. The summed E-state index contributed by atoms with van der Waals surface area (Å²) < 4.78 is 6.85. The molecule has 2 aromatic carbocycles. The van der Waals surface area contributed by atoms with Gasteiger partial charge in [0.25, 0.3) is 5.91 Å². The molecule has 2 amide bonds. The largest absolute Gasteiger partial charge is 0.497 e. The van der Waals surface area contributed by atoms with E-state index in [1.54, 1.807) is 36.1 Å². The molecule has 4 rings (SSSR count). The van der Waals surface area contributed by atoms with Crippen LogP contribution in [-0.4, -0.2) is 55.8 Å². The number of rotatable bonds is 6. The second-order valence-electron chi connectivity index (χ2n) is 7.37. The third-order valence-electron chi connectivity index (χ3n) is 5.21. The number of halogens is 1. The highest BCUT2D eigenvalue weighted by atomic mass is 35.5. The number of benzene rings is 2. The van der Waals surface area contributed by atoms with E-state index in [0.717, 1.165) is 24.2 Å². The number of ether oxygens (including phenoxy) is 1. The topological polar surface area (TPSA) is 90.2 Å². The number of hydrogen-bond acceptors (Lipinski definition) is 7. The number of aromatic nitrogens is 4. The van der Waals surface area contributed by atoms with Gasteiger partial charge in [0.2, 0.25) is 11.1 Å². The standard InChI is InChI=1S/C22H22ClN5O3S/c1-31-18-11-5-15(6-12-18)14-28-22(24-25-26-28)32-19-4-2-3-13-27(21(19)30)20(29)16-7-9-17(23)10-8-16/h5-12,19H,2-4,13-14H2,1H3. The van der Waals surface area contributed by atoms with E-state index in [1.807, 2.05) is 24.3 Å². The van der Waals surface area contributed by atoms with Crippen LogP contribution < -0.4 is 4.74 Å². The van der Waals surface area contributed by atoms with Gasteiger partial charge in [0, 0.05) is 17.1 Å². The Hall–Kier alpha value is -2.91. The summed E-state index contributed by atoms with van der Waals surface area (Å²) >= 11 is 7.23. The van der Waals surface area contributed by atoms with Crippen LogP contribution in [0.15, 0.2) is 53.7 Å². The molecule has 0 radical (unpaired) electrons. The molecule has 1 aliphatic heterocycles. The molecule has 166 valence electrons. The Morgan fingerprint density at radius 3 is 2.62 bits per heavy atom. The highest BCUT2D eigenvalue weighted by Gasteiger charge is 2.33. The third kappa shape index (κ3) is 5.11. The van der Waals surface area contributed by atoms with Crippen LogP contribution in [0.3, 0.4) is 0 Å². The van der Waals surface area contributed by atoms with Crippen molar-refractivity contribution in [2.45, 2.75) is 36.2 Å². The molecule has 1 aliphatic rings. The molecule has 10 heteroatoms. The van der Waals surface area contributed by atoms with Gasteiger partial charge in [-0.15, -0.1) is 5.10 Å². The Morgan fingerprint density at radius 1 is 1.16 bits per heavy atom. The fraction of sp³-hybridized carbons (Fsp3) is 0.318. The number of tetrazole rings is 1. The van der Waals surface area contributed by atoms with Gasteiger partial charge < -0.3 is 4.74 Å². The van der Waals surface area contributed by atoms with Crippen LogP contribution in [0.2, 0.25) is 5.02 Å². The average Bonchev–Trinajstić information content (AvgIpc) is 3.16. The van der Waals surface area contributed by atoms with Gasteiger partial charge in [-0.05, 0) is 65.2 Å². The summed E-state index contributed by atoms with van der Waals surface area (Å²) in [7, 11) is 1.62. The van der Waals surface area contributed by atoms with Crippen molar-refractivity contribution in [1.82, 2.24) is 25.1 Å². The molecule has 32 heavy (non-hydrogen) atoms. The Balaban J connectivity index is 1.49. The first kappa shape index (κ1) is 22.3. The molecular formula is C22H22ClN5O3S. The lowest BCUT2D eigenvalue weighted by Crippen LogP contribution is -2.41. The predicted molar refractivity (Wildman–Crippen MR) is 121 cm³/mol. The van der Waals surface area contributed by atoms with Crippen LogP contribution in [-0.2, 0) is 11.3 Å². The second kappa shape index (κ2) is 10.1. The van der Waals surface area contributed by atoms with Gasteiger partial charge in [0.05, 0.1) is 18.9 Å². The molecule has 2 heterocycles. The molecule has 0 aliphatic carbocycles. The van der Waals surface area contributed by atoms with Crippen LogP contribution in [0.1, 0.15) is 35.2 Å². The van der Waals surface area contributed by atoms with Gasteiger partial charge in [0.15, 0.2) is 0 Å². The van der Waals surface area contributed by atoms with Gasteiger partial charge in [-0.1, -0.05) is 41.9 Å². The molecule has 1 fully saturated rings. The highest BCUT2D eigenvalue weighted by Crippen LogP contribution is 2.29. The zero-order valence-electron chi connectivity index (χ0n) is 17.5. The lowest BCUT2D eigenvalue weighted by Gasteiger charge is -2.22. The van der Waals surface area contributed by atoms with E-state index < -0.39 is 5.25 Å². The number of amides is 2. The number of hydrogen-bond donors (Lipinski definition) is 0. The number of carbonyl (C=O) groups is 2. The molecule has 0 spiro atoms. The van der Waals surface area contributed by atoms with Crippen molar-refractivity contribution in [3.63, 3.8) is 0 Å². The van der Waals surface area contributed by atoms with Crippen molar-refractivity contribution < 1.29 is 14.3 Å². The van der Waals surface area contributed by atoms with E-state index in [0.29, 0.717) is 35.3 Å². The Labute approximate surface area is 194 Å². The molecule has 3 aromatic rings. The SMILES string of the molecule is COc1ccc(Cn2nnnc2SC2CCCCN(C(=O)c3ccc(Cl)cc3)C2=O)cc1. The molecule has 0 N–H and O–H groups in total. The maximum Gasteiger partial charge on any atom is 0.260 e. The van der Waals surface area contributed by atoms with Crippen LogP contribution in [0.25, 0.3) is 0 Å². The van der Waals surface area contributed by atoms with Gasteiger partial charge in [0.1, 0.15) is 5.75 Å². The summed E-state index contributed by atoms with van der Waals surface area (Å²) in [6.07, 6.45) is 2.26. The van der Waals surface area contributed by atoms with Gasteiger partial charge in [-0.2, -0.15) is 0 Å². The van der Waals surface area contributed by atoms with E-state index in [-0.39, 0.29) is 11.8 Å². The summed E-state index contributed by atoms with van der Waals surface area (Å²) in [6.45, 7) is 0.863. The highest BCUT2D eigenvalue weighted by molar-refractivity contribution is 8.00. The summed E-state index contributed by atoms with van der Waals surface area (Å²) in [5.74, 6) is 0.248. The zero-order chi connectivity index (χ0) is 22.5. The molecule has 1 saturated heterocycles. The van der Waals surface area contributed by atoms with E-state index in [4.69, 9.17) is 16.3 Å². The molecule has 1 aromatic heterocycles. The minimum Gasteiger partial charge on any atom is -0.497 e. The number of carbonyl (C=O) groups excluding carboxylic acids is 2. The van der Waals surface area contributed by atoms with Crippen molar-refractivity contribution >= 4 is 35.2 Å². The lowest BCUT2D eigenvalue weighted by molar-refractivity contribution is -0.127. The lowest BCUT2D eigenvalue weighted by atomic mass is 10.2. The van der Waals surface area contributed by atoms with Crippen molar-refractivity contribution in [1.29, 1.82) is 0 Å². The number of methoxy groups -OCH3 is 1. The molecule has 1 atom stereocenters. The Kier molecular flexibility index (Phi) is 7.06. The van der Waals surface area contributed by atoms with Crippen molar-refractivity contribution in [2.75, 3.05) is 13.7 Å². The molecular weight excluding hydrogens is 450 g/mol. The predicted octanol–water partition coefficient (Wildman–Crippen LogP) is 3.70. The fourth-order valence-electron chi connectivity index (χ4n) is 3.48. The quantitative estimate of drug-likeness (QED) is 0.506. The Morgan fingerprint density at radius 2 is 1.91 bits per heavy atom. The zero-order valence-corrected chi connectivity index (χ0v) is 19.1. The molecule has 8 nitrogen and oxygen atoms in total. The summed E-state index contributed by atoms with van der Waals surface area (Å²) in [4.78, 5) is 27.6. The van der Waals surface area contributed by atoms with E-state index >= 15 is 0 Å². The van der Waals surface area contributed by atoms with Crippen LogP contribution in [0.4, 0.5) is 0 Å². The van der Waals surface area contributed by atoms with E-state index in [1.165, 1.54) is 16.7 Å². The van der Waals surface area contributed by atoms with Crippen LogP contribution in [0, 0.1) is 0 Å². The van der Waals surface area contributed by atoms with Crippen LogP contribution in [0.5, 0.6) is 5.75 Å². The van der Waals surface area contributed by atoms with Crippen molar-refractivity contribution in [2.24, 2.45) is 0 Å². The summed E-state index contributed by atoms with van der Waals surface area (Å²) in [5, 5.41) is 12.6. The monoisotopic (exact) mass is 471 g/mol. The minimum atomic E-state index is -0.436. The number of nitrogens with zero attached hydrogens (tertiary/aromatic N) is 5. The first-order valence-electron chi connectivity index (χ1n) is 10.2. The average molecular weight is 472 g/mol. The number of likely N-dealkylation sites (tertiary alicyclic amines) is 1. The minimum absolute atomic E-state index is 0.216. The smallest absolute Gasteiger partial charge is 0.260 e. The molecule has 0 bridgehead atoms. The van der Waals surface area contributed by atoms with E-state index in [2.05, 4.69) is 15.5 Å². The Bertz CT molecular complexity index is 1090. The van der Waals surface area contributed by atoms with Gasteiger partial charge in [-0.25, -0.2) is 4.68 Å². The number of imide groups is 1. The molecule has 1 unspecified atom stereocenters. The van der Waals surface area contributed by atoms with Gasteiger partial charge in [-0.3, -0.25) is 14.5 Å². The van der Waals surface area contributed by atoms with Crippen LogP contribution >= 0.6 is 23.4 Å². The maximum atomic E-state index is 13.3. The fourth-order valence-corrected chi connectivity index (χ4v) is 4.68. The van der Waals surface area contributed by atoms with Crippen molar-refractivity contribution in [3.8, 4) is 5.75 Å². The van der Waals surface area contributed by atoms with E-state index in [9.17, 15) is 9.59 Å². The normalized spacial score (nSPS) is 16.6. The van der Waals surface area contributed by atoms with Crippen molar-refractivity contribution in [3.05, 3.63) is 64.7 Å². The summed E-state index contributed by atoms with van der Waals surface area (Å²) in [6, 6.07) is 14.2. The maximum absolute atomic E-state index is 13.3. The summed E-state index contributed by atoms with van der Waals surface area (Å²) in [5.41, 5.74) is 1.45. The first-order valence-corrected chi connectivity index (χ1v) is 11.5. The molecule has 0 saturated carbocycles. The number of thioether (sulfide) groups is 1.